The quantitative estimate of drug-likeness (QED) is 0.557. The van der Waals surface area contributed by atoms with Gasteiger partial charge in [-0.3, -0.25) is 0 Å². The summed E-state index contributed by atoms with van der Waals surface area (Å²) in [6, 6.07) is 12.9. The van der Waals surface area contributed by atoms with Crippen molar-refractivity contribution in [2.75, 3.05) is 18.9 Å². The minimum absolute atomic E-state index is 0.453. The van der Waals surface area contributed by atoms with Gasteiger partial charge in [-0.05, 0) is 36.4 Å². The molecular formula is C17H18N2O3. The number of hydrogen-bond acceptors (Lipinski definition) is 5. The molecule has 5 nitrogen and oxygen atoms in total. The number of nitrogens with zero attached hydrogens (tertiary/aromatic N) is 1. The Morgan fingerprint density at radius 3 is 2.41 bits per heavy atom. The number of oxazole rings is 1. The van der Waals surface area contributed by atoms with Gasteiger partial charge in [0, 0.05) is 18.2 Å². The Labute approximate surface area is 128 Å². The third kappa shape index (κ3) is 3.31. The summed E-state index contributed by atoms with van der Waals surface area (Å²) in [6.07, 6.45) is 0.778. The average Bonchev–Trinajstić information content (AvgIpc) is 2.95. The fourth-order valence-corrected chi connectivity index (χ4v) is 2.08. The van der Waals surface area contributed by atoms with Crippen LogP contribution in [0.3, 0.4) is 0 Å². The summed E-state index contributed by atoms with van der Waals surface area (Å²) in [4.78, 5) is 4.39. The zero-order valence-corrected chi connectivity index (χ0v) is 12.4. The molecule has 0 radical (unpaired) electrons. The van der Waals surface area contributed by atoms with E-state index in [0.717, 1.165) is 40.6 Å². The molecule has 0 fully saturated rings. The Morgan fingerprint density at radius 2 is 1.68 bits per heavy atom. The van der Waals surface area contributed by atoms with Gasteiger partial charge in [0.15, 0.2) is 11.5 Å². The number of rotatable bonds is 6. The van der Waals surface area contributed by atoms with Crippen LogP contribution < -0.4 is 15.2 Å². The number of aryl methyl sites for hydroxylation is 1. The lowest BCUT2D eigenvalue weighted by Crippen LogP contribution is -2.08. The second-order valence-corrected chi connectivity index (χ2v) is 4.86. The summed E-state index contributed by atoms with van der Waals surface area (Å²) in [5.41, 5.74) is 7.93. The summed E-state index contributed by atoms with van der Waals surface area (Å²) >= 11 is 0. The Morgan fingerprint density at radius 1 is 1.00 bits per heavy atom. The third-order valence-corrected chi connectivity index (χ3v) is 3.21. The molecule has 3 rings (SSSR count). The first-order valence-electron chi connectivity index (χ1n) is 7.25. The van der Waals surface area contributed by atoms with E-state index in [0.29, 0.717) is 13.2 Å². The molecule has 0 aliphatic heterocycles. The highest BCUT2D eigenvalue weighted by molar-refractivity contribution is 5.74. The van der Waals surface area contributed by atoms with Crippen molar-refractivity contribution in [3.63, 3.8) is 0 Å². The zero-order chi connectivity index (χ0) is 15.4. The lowest BCUT2D eigenvalue weighted by Gasteiger charge is -2.08. The fraction of sp³-hybridized carbons (Fsp3) is 0.235. The van der Waals surface area contributed by atoms with Crippen molar-refractivity contribution in [1.82, 2.24) is 4.98 Å². The summed E-state index contributed by atoms with van der Waals surface area (Å²) in [5.74, 6) is 2.26. The fourth-order valence-electron chi connectivity index (χ4n) is 2.08. The van der Waals surface area contributed by atoms with Crippen molar-refractivity contribution in [1.29, 1.82) is 0 Å². The molecule has 0 aliphatic rings. The number of nitrogens with two attached hydrogens (primary N) is 1. The second kappa shape index (κ2) is 6.39. The molecule has 0 amide bonds. The molecule has 114 valence electrons. The lowest BCUT2D eigenvalue weighted by molar-refractivity contribution is 0.217. The Balaban J connectivity index is 1.53. The van der Waals surface area contributed by atoms with Gasteiger partial charge >= 0.3 is 0 Å². The molecule has 3 aromatic rings. The first-order chi connectivity index (χ1) is 10.7. The maximum Gasteiger partial charge on any atom is 0.195 e. The summed E-state index contributed by atoms with van der Waals surface area (Å²) in [6.45, 7) is 2.92. The van der Waals surface area contributed by atoms with Gasteiger partial charge in [0.2, 0.25) is 0 Å². The molecule has 0 saturated carbocycles. The smallest absolute Gasteiger partial charge is 0.195 e. The molecule has 5 heteroatoms. The van der Waals surface area contributed by atoms with Crippen LogP contribution in [0.5, 0.6) is 11.5 Å². The van der Waals surface area contributed by atoms with Crippen molar-refractivity contribution >= 4 is 16.8 Å². The highest BCUT2D eigenvalue weighted by atomic mass is 16.5. The van der Waals surface area contributed by atoms with Crippen LogP contribution >= 0.6 is 0 Å². The second-order valence-electron chi connectivity index (χ2n) is 4.86. The molecule has 0 atom stereocenters. The molecule has 2 N–H and O–H groups in total. The van der Waals surface area contributed by atoms with Gasteiger partial charge in [0.05, 0.1) is 0 Å². The van der Waals surface area contributed by atoms with Gasteiger partial charge in [-0.25, -0.2) is 4.98 Å². The predicted molar refractivity (Wildman–Crippen MR) is 85.2 cm³/mol. The van der Waals surface area contributed by atoms with Gasteiger partial charge in [-0.1, -0.05) is 6.92 Å². The summed E-state index contributed by atoms with van der Waals surface area (Å²) in [7, 11) is 0. The van der Waals surface area contributed by atoms with Crippen LogP contribution in [0, 0.1) is 0 Å². The van der Waals surface area contributed by atoms with E-state index in [1.807, 2.05) is 37.3 Å². The standard InChI is InChI=1S/C17H18N2O3/c1-2-17-19-15-11-14(7-8-16(15)22-17)21-10-9-20-13-5-3-12(18)4-6-13/h3-8,11H,2,9-10,18H2,1H3. The van der Waals surface area contributed by atoms with Gasteiger partial charge in [-0.2, -0.15) is 0 Å². The lowest BCUT2D eigenvalue weighted by atomic mass is 10.3. The van der Waals surface area contributed by atoms with E-state index in [4.69, 9.17) is 19.6 Å². The number of nitrogen functional groups attached to an aromatic ring is 1. The maximum absolute atomic E-state index is 5.67. The largest absolute Gasteiger partial charge is 0.490 e. The molecule has 0 spiro atoms. The van der Waals surface area contributed by atoms with E-state index in [9.17, 15) is 0 Å². The summed E-state index contributed by atoms with van der Waals surface area (Å²) in [5, 5.41) is 0. The first-order valence-corrected chi connectivity index (χ1v) is 7.25. The minimum atomic E-state index is 0.453. The van der Waals surface area contributed by atoms with E-state index in [1.165, 1.54) is 0 Å². The molecular weight excluding hydrogens is 280 g/mol. The normalized spacial score (nSPS) is 10.8. The first kappa shape index (κ1) is 14.3. The van der Waals surface area contributed by atoms with Crippen LogP contribution in [0.15, 0.2) is 46.9 Å². The van der Waals surface area contributed by atoms with E-state index < -0.39 is 0 Å². The van der Waals surface area contributed by atoms with Crippen LogP contribution in [-0.4, -0.2) is 18.2 Å². The van der Waals surface area contributed by atoms with E-state index in [2.05, 4.69) is 4.98 Å². The monoisotopic (exact) mass is 298 g/mol. The SMILES string of the molecule is CCc1nc2cc(OCCOc3ccc(N)cc3)ccc2o1. The highest BCUT2D eigenvalue weighted by Crippen LogP contribution is 2.21. The molecule has 1 heterocycles. The van der Waals surface area contributed by atoms with Crippen LogP contribution in [0.4, 0.5) is 5.69 Å². The van der Waals surface area contributed by atoms with E-state index in [-0.39, 0.29) is 0 Å². The topological polar surface area (TPSA) is 70.5 Å². The predicted octanol–water partition coefficient (Wildman–Crippen LogP) is 3.43. The maximum atomic E-state index is 5.67. The van der Waals surface area contributed by atoms with Crippen LogP contribution in [0.2, 0.25) is 0 Å². The van der Waals surface area contributed by atoms with Crippen molar-refractivity contribution in [3.05, 3.63) is 48.4 Å². The molecule has 2 aromatic carbocycles. The Hall–Kier alpha value is -2.69. The van der Waals surface area contributed by atoms with Crippen molar-refractivity contribution in [3.8, 4) is 11.5 Å². The molecule has 0 bridgehead atoms. The van der Waals surface area contributed by atoms with Gasteiger partial charge < -0.3 is 19.6 Å². The average molecular weight is 298 g/mol. The van der Waals surface area contributed by atoms with Gasteiger partial charge in [0.1, 0.15) is 30.2 Å². The van der Waals surface area contributed by atoms with Crippen LogP contribution in [-0.2, 0) is 6.42 Å². The summed E-state index contributed by atoms with van der Waals surface area (Å²) < 4.78 is 16.8. The molecule has 0 unspecified atom stereocenters. The number of hydrogen-bond donors (Lipinski definition) is 1. The third-order valence-electron chi connectivity index (χ3n) is 3.21. The number of fused-ring (bicyclic) bond motifs is 1. The number of benzene rings is 2. The minimum Gasteiger partial charge on any atom is -0.490 e. The van der Waals surface area contributed by atoms with Gasteiger partial charge in [-0.15, -0.1) is 0 Å². The molecule has 0 aliphatic carbocycles. The highest BCUT2D eigenvalue weighted by Gasteiger charge is 2.05. The molecule has 0 saturated heterocycles. The van der Waals surface area contributed by atoms with E-state index in [1.54, 1.807) is 12.1 Å². The van der Waals surface area contributed by atoms with Crippen LogP contribution in [0.1, 0.15) is 12.8 Å². The zero-order valence-electron chi connectivity index (χ0n) is 12.4. The van der Waals surface area contributed by atoms with Crippen LogP contribution in [0.25, 0.3) is 11.1 Å². The van der Waals surface area contributed by atoms with Crippen molar-refractivity contribution < 1.29 is 13.9 Å². The van der Waals surface area contributed by atoms with E-state index >= 15 is 0 Å². The number of aromatic nitrogens is 1. The number of ether oxygens (including phenoxy) is 2. The van der Waals surface area contributed by atoms with Crippen molar-refractivity contribution in [2.45, 2.75) is 13.3 Å². The van der Waals surface area contributed by atoms with Gasteiger partial charge in [0.25, 0.3) is 0 Å². The number of anilines is 1. The molecule has 1 aromatic heterocycles. The van der Waals surface area contributed by atoms with Crippen molar-refractivity contribution in [2.24, 2.45) is 0 Å². The Kier molecular flexibility index (Phi) is 4.14. The Bertz CT molecular complexity index is 750. The molecule has 22 heavy (non-hydrogen) atoms.